The average Bonchev–Trinajstić information content (AvgIpc) is 3.35. The van der Waals surface area contributed by atoms with Crippen molar-refractivity contribution < 1.29 is 13.7 Å². The molecule has 0 saturated carbocycles. The molecule has 1 aliphatic rings. The van der Waals surface area contributed by atoms with Crippen LogP contribution in [0.5, 0.6) is 0 Å². The van der Waals surface area contributed by atoms with E-state index in [1.807, 2.05) is 30.3 Å². The third-order valence-corrected chi connectivity index (χ3v) is 4.07. The van der Waals surface area contributed by atoms with Gasteiger partial charge in [0.1, 0.15) is 6.26 Å². The molecule has 1 aliphatic heterocycles. The summed E-state index contributed by atoms with van der Waals surface area (Å²) in [7, 11) is 0. The van der Waals surface area contributed by atoms with E-state index in [0.29, 0.717) is 30.4 Å². The van der Waals surface area contributed by atoms with Crippen molar-refractivity contribution in [3.8, 4) is 11.4 Å². The quantitative estimate of drug-likeness (QED) is 0.743. The molecule has 0 radical (unpaired) electrons. The number of amides is 1. The van der Waals surface area contributed by atoms with E-state index in [9.17, 15) is 4.79 Å². The summed E-state index contributed by atoms with van der Waals surface area (Å²) in [5, 5.41) is 4.05. The molecule has 0 bridgehead atoms. The predicted molar refractivity (Wildman–Crippen MR) is 81.7 cm³/mol. The van der Waals surface area contributed by atoms with Crippen molar-refractivity contribution in [1.29, 1.82) is 0 Å². The van der Waals surface area contributed by atoms with Crippen LogP contribution in [0.4, 0.5) is 0 Å². The van der Waals surface area contributed by atoms with Gasteiger partial charge in [-0.3, -0.25) is 4.79 Å². The molecule has 1 atom stereocenters. The van der Waals surface area contributed by atoms with Gasteiger partial charge in [0.25, 0.3) is 5.91 Å². The SMILES string of the molecule is O=C(c1ccoc1)N1CC[C@@H](c2nc(-c3ccccc3)no2)C1. The number of hydrogen-bond donors (Lipinski definition) is 0. The molecule has 116 valence electrons. The lowest BCUT2D eigenvalue weighted by Gasteiger charge is -2.14. The minimum absolute atomic E-state index is 0.0240. The second kappa shape index (κ2) is 5.72. The Hall–Kier alpha value is -2.89. The molecule has 1 fully saturated rings. The number of nitrogens with zero attached hydrogens (tertiary/aromatic N) is 3. The van der Waals surface area contributed by atoms with Gasteiger partial charge in [0.05, 0.1) is 17.7 Å². The first kappa shape index (κ1) is 13.8. The highest BCUT2D eigenvalue weighted by Crippen LogP contribution is 2.28. The first-order chi connectivity index (χ1) is 11.3. The van der Waals surface area contributed by atoms with Crippen LogP contribution in [-0.4, -0.2) is 34.0 Å². The summed E-state index contributed by atoms with van der Waals surface area (Å²) in [6.07, 6.45) is 3.79. The molecule has 0 spiro atoms. The summed E-state index contributed by atoms with van der Waals surface area (Å²) < 4.78 is 10.4. The van der Waals surface area contributed by atoms with Gasteiger partial charge in [-0.15, -0.1) is 0 Å². The maximum absolute atomic E-state index is 12.3. The minimum atomic E-state index is -0.0240. The van der Waals surface area contributed by atoms with Crippen molar-refractivity contribution >= 4 is 5.91 Å². The highest BCUT2D eigenvalue weighted by Gasteiger charge is 2.31. The number of hydrogen-bond acceptors (Lipinski definition) is 5. The zero-order chi connectivity index (χ0) is 15.6. The molecule has 2 aromatic heterocycles. The molecule has 0 N–H and O–H groups in total. The van der Waals surface area contributed by atoms with Gasteiger partial charge in [-0.05, 0) is 12.5 Å². The number of carbonyl (C=O) groups is 1. The van der Waals surface area contributed by atoms with Crippen LogP contribution in [0, 0.1) is 0 Å². The number of benzene rings is 1. The van der Waals surface area contributed by atoms with Gasteiger partial charge in [-0.25, -0.2) is 0 Å². The lowest BCUT2D eigenvalue weighted by Crippen LogP contribution is -2.28. The van der Waals surface area contributed by atoms with Gasteiger partial charge in [0, 0.05) is 18.7 Å². The molecule has 6 heteroatoms. The normalized spacial score (nSPS) is 17.6. The summed E-state index contributed by atoms with van der Waals surface area (Å²) in [6, 6.07) is 11.4. The third kappa shape index (κ3) is 2.63. The van der Waals surface area contributed by atoms with Gasteiger partial charge in [0.15, 0.2) is 0 Å². The summed E-state index contributed by atoms with van der Waals surface area (Å²) in [5.41, 5.74) is 1.49. The van der Waals surface area contributed by atoms with Gasteiger partial charge in [-0.1, -0.05) is 35.5 Å². The Labute approximate surface area is 132 Å². The first-order valence-corrected chi connectivity index (χ1v) is 7.52. The van der Waals surface area contributed by atoms with Crippen LogP contribution in [0.1, 0.15) is 28.6 Å². The summed E-state index contributed by atoms with van der Waals surface area (Å²) in [6.45, 7) is 1.26. The highest BCUT2D eigenvalue weighted by atomic mass is 16.5. The lowest BCUT2D eigenvalue weighted by atomic mass is 10.1. The predicted octanol–water partition coefficient (Wildman–Crippen LogP) is 2.96. The van der Waals surface area contributed by atoms with Crippen molar-refractivity contribution in [3.63, 3.8) is 0 Å². The van der Waals surface area contributed by atoms with Crippen LogP contribution in [0.25, 0.3) is 11.4 Å². The molecule has 3 heterocycles. The van der Waals surface area contributed by atoms with E-state index in [0.717, 1.165) is 12.0 Å². The van der Waals surface area contributed by atoms with E-state index in [1.54, 1.807) is 11.0 Å². The fraction of sp³-hybridized carbons (Fsp3) is 0.235. The number of likely N-dealkylation sites (tertiary alicyclic amines) is 1. The molecule has 0 aliphatic carbocycles. The van der Waals surface area contributed by atoms with Crippen LogP contribution < -0.4 is 0 Å². The molecule has 1 saturated heterocycles. The number of carbonyl (C=O) groups excluding carboxylic acids is 1. The average molecular weight is 309 g/mol. The van der Waals surface area contributed by atoms with Gasteiger partial charge < -0.3 is 13.8 Å². The molecular formula is C17H15N3O3. The topological polar surface area (TPSA) is 72.4 Å². The van der Waals surface area contributed by atoms with Crippen LogP contribution in [0.15, 0.2) is 57.9 Å². The van der Waals surface area contributed by atoms with E-state index in [4.69, 9.17) is 8.94 Å². The monoisotopic (exact) mass is 309 g/mol. The van der Waals surface area contributed by atoms with Crippen LogP contribution in [0.2, 0.25) is 0 Å². The molecular weight excluding hydrogens is 294 g/mol. The molecule has 1 aromatic carbocycles. The molecule has 0 unspecified atom stereocenters. The zero-order valence-electron chi connectivity index (χ0n) is 12.4. The van der Waals surface area contributed by atoms with Gasteiger partial charge >= 0.3 is 0 Å². The maximum atomic E-state index is 12.3. The molecule has 1 amide bonds. The second-order valence-electron chi connectivity index (χ2n) is 5.57. The largest absolute Gasteiger partial charge is 0.472 e. The lowest BCUT2D eigenvalue weighted by molar-refractivity contribution is 0.0789. The Morgan fingerprint density at radius 2 is 2.09 bits per heavy atom. The zero-order valence-corrected chi connectivity index (χ0v) is 12.4. The maximum Gasteiger partial charge on any atom is 0.257 e. The third-order valence-electron chi connectivity index (χ3n) is 4.07. The minimum Gasteiger partial charge on any atom is -0.472 e. The van der Waals surface area contributed by atoms with Crippen LogP contribution in [0.3, 0.4) is 0 Å². The van der Waals surface area contributed by atoms with Gasteiger partial charge in [-0.2, -0.15) is 4.98 Å². The fourth-order valence-corrected chi connectivity index (χ4v) is 2.82. The standard InChI is InChI=1S/C17H15N3O3/c21-17(14-7-9-22-11-14)20-8-6-13(10-20)16-18-15(19-23-16)12-4-2-1-3-5-12/h1-5,7,9,11,13H,6,8,10H2/t13-/m1/s1. The Bertz CT molecular complexity index is 796. The van der Waals surface area contributed by atoms with Crippen molar-refractivity contribution in [2.45, 2.75) is 12.3 Å². The number of rotatable bonds is 3. The van der Waals surface area contributed by atoms with Crippen molar-refractivity contribution in [2.75, 3.05) is 13.1 Å². The Morgan fingerprint density at radius 1 is 1.22 bits per heavy atom. The summed E-state index contributed by atoms with van der Waals surface area (Å²) in [4.78, 5) is 18.6. The Kier molecular flexibility index (Phi) is 3.42. The molecule has 6 nitrogen and oxygen atoms in total. The van der Waals surface area contributed by atoms with Crippen molar-refractivity contribution in [3.05, 3.63) is 60.4 Å². The smallest absolute Gasteiger partial charge is 0.257 e. The Balaban J connectivity index is 1.48. The second-order valence-corrected chi connectivity index (χ2v) is 5.57. The van der Waals surface area contributed by atoms with E-state index >= 15 is 0 Å². The summed E-state index contributed by atoms with van der Waals surface area (Å²) in [5.74, 6) is 1.23. The Morgan fingerprint density at radius 3 is 2.87 bits per heavy atom. The van der Waals surface area contributed by atoms with E-state index < -0.39 is 0 Å². The van der Waals surface area contributed by atoms with Gasteiger partial charge in [0.2, 0.25) is 11.7 Å². The van der Waals surface area contributed by atoms with Crippen LogP contribution >= 0.6 is 0 Å². The first-order valence-electron chi connectivity index (χ1n) is 7.52. The van der Waals surface area contributed by atoms with Crippen molar-refractivity contribution in [2.24, 2.45) is 0 Å². The molecule has 23 heavy (non-hydrogen) atoms. The summed E-state index contributed by atoms with van der Waals surface area (Å²) >= 11 is 0. The molecule has 3 aromatic rings. The van der Waals surface area contributed by atoms with Crippen molar-refractivity contribution in [1.82, 2.24) is 15.0 Å². The molecule has 4 rings (SSSR count). The number of aromatic nitrogens is 2. The fourth-order valence-electron chi connectivity index (χ4n) is 2.82. The number of furan rings is 1. The van der Waals surface area contributed by atoms with Crippen LogP contribution in [-0.2, 0) is 0 Å². The van der Waals surface area contributed by atoms with E-state index in [2.05, 4.69) is 10.1 Å². The van der Waals surface area contributed by atoms with E-state index in [-0.39, 0.29) is 11.8 Å². The van der Waals surface area contributed by atoms with E-state index in [1.165, 1.54) is 12.5 Å². The highest BCUT2D eigenvalue weighted by molar-refractivity contribution is 5.94.